The second-order valence-corrected chi connectivity index (χ2v) is 6.30. The molecule has 0 aromatic heterocycles. The summed E-state index contributed by atoms with van der Waals surface area (Å²) in [5.74, 6) is -10.4. The van der Waals surface area contributed by atoms with Crippen LogP contribution in [0.4, 0.5) is 17.6 Å². The minimum atomic E-state index is -4.76. The third-order valence-electron chi connectivity index (χ3n) is 4.28. The van der Waals surface area contributed by atoms with Gasteiger partial charge in [-0.05, 0) is 17.5 Å². The second-order valence-electron chi connectivity index (χ2n) is 6.30. The Morgan fingerprint density at radius 3 is 1.96 bits per heavy atom. The number of halogens is 4. The van der Waals surface area contributed by atoms with Gasteiger partial charge in [-0.15, -0.1) is 0 Å². The Kier molecular flexibility index (Phi) is 6.76. The molecular formula is C19H20F4N2O3. The zero-order valence-electron chi connectivity index (χ0n) is 14.6. The first kappa shape index (κ1) is 21.8. The van der Waals surface area contributed by atoms with E-state index in [-0.39, 0.29) is 12.0 Å². The van der Waals surface area contributed by atoms with E-state index in [1.165, 1.54) is 30.3 Å². The lowest BCUT2D eigenvalue weighted by Crippen LogP contribution is -2.61. The molecule has 152 valence electrons. The first-order chi connectivity index (χ1) is 13.1. The summed E-state index contributed by atoms with van der Waals surface area (Å²) in [5, 5.41) is 21.0. The fourth-order valence-corrected chi connectivity index (χ4v) is 2.71. The van der Waals surface area contributed by atoms with Gasteiger partial charge in [0.05, 0.1) is 6.04 Å². The van der Waals surface area contributed by atoms with Crippen LogP contribution >= 0.6 is 0 Å². The Morgan fingerprint density at radius 2 is 1.50 bits per heavy atom. The van der Waals surface area contributed by atoms with Crippen LogP contribution in [0.5, 0.6) is 0 Å². The molecule has 2 rings (SSSR count). The number of primary amides is 1. The molecule has 0 bridgehead atoms. The number of alkyl halides is 4. The monoisotopic (exact) mass is 400 g/mol. The maximum absolute atomic E-state index is 14.8. The number of hydrogen-bond acceptors (Lipinski definition) is 4. The SMILES string of the molecule is NC(=O)[C@H](Cc1ccccc1)NC(c1ccccc1)C(F)(F)C(O)(O)C(F)F. The largest absolute Gasteiger partial charge is 0.368 e. The molecule has 28 heavy (non-hydrogen) atoms. The third-order valence-corrected chi connectivity index (χ3v) is 4.28. The highest BCUT2D eigenvalue weighted by atomic mass is 19.3. The fraction of sp³-hybridized carbons (Fsp3) is 0.316. The number of nitrogens with two attached hydrogens (primary N) is 1. The number of nitrogens with one attached hydrogen (secondary N) is 1. The summed E-state index contributed by atoms with van der Waals surface area (Å²) in [7, 11) is 0. The maximum Gasteiger partial charge on any atom is 0.325 e. The first-order valence-electron chi connectivity index (χ1n) is 8.32. The van der Waals surface area contributed by atoms with Crippen molar-refractivity contribution in [3.8, 4) is 0 Å². The van der Waals surface area contributed by atoms with Gasteiger partial charge >= 0.3 is 5.92 Å². The Morgan fingerprint density at radius 1 is 1.00 bits per heavy atom. The molecule has 0 aliphatic carbocycles. The smallest absolute Gasteiger partial charge is 0.325 e. The summed E-state index contributed by atoms with van der Waals surface area (Å²) in [6, 6.07) is 11.2. The standard InChI is InChI=1S/C19H20F4N2O3/c20-17(21)19(27,28)18(22,23)15(13-9-5-2-6-10-13)25-14(16(24)26)11-12-7-3-1-4-8-12/h1-10,14-15,17,25,27-28H,11H2,(H2,24,26)/t14-,15?/m0/s1. The molecule has 0 radical (unpaired) electrons. The zero-order chi connectivity index (χ0) is 20.9. The Labute approximate surface area is 158 Å². The normalized spacial score (nSPS) is 14.7. The molecule has 0 saturated carbocycles. The van der Waals surface area contributed by atoms with Crippen molar-refractivity contribution >= 4 is 5.91 Å². The first-order valence-corrected chi connectivity index (χ1v) is 8.32. The predicted molar refractivity (Wildman–Crippen MR) is 93.6 cm³/mol. The van der Waals surface area contributed by atoms with Gasteiger partial charge in [-0.25, -0.2) is 8.78 Å². The van der Waals surface area contributed by atoms with E-state index in [0.29, 0.717) is 5.56 Å². The van der Waals surface area contributed by atoms with E-state index in [9.17, 15) is 32.6 Å². The molecule has 2 aromatic rings. The lowest BCUT2D eigenvalue weighted by molar-refractivity contribution is -0.351. The van der Waals surface area contributed by atoms with Crippen LogP contribution in [-0.4, -0.2) is 40.3 Å². The average Bonchev–Trinajstić information content (AvgIpc) is 2.65. The van der Waals surface area contributed by atoms with Gasteiger partial charge < -0.3 is 15.9 Å². The van der Waals surface area contributed by atoms with Gasteiger partial charge in [-0.3, -0.25) is 10.1 Å². The van der Waals surface area contributed by atoms with Gasteiger partial charge in [0.1, 0.15) is 6.04 Å². The van der Waals surface area contributed by atoms with Gasteiger partial charge in [0.25, 0.3) is 12.2 Å². The zero-order valence-corrected chi connectivity index (χ0v) is 14.6. The van der Waals surface area contributed by atoms with Crippen molar-refractivity contribution in [2.45, 2.75) is 36.6 Å². The van der Waals surface area contributed by atoms with Crippen molar-refractivity contribution in [3.05, 3.63) is 71.8 Å². The lowest BCUT2D eigenvalue weighted by Gasteiger charge is -2.37. The summed E-state index contributed by atoms with van der Waals surface area (Å²) in [5.41, 5.74) is 5.67. The summed E-state index contributed by atoms with van der Waals surface area (Å²) >= 11 is 0. The number of carbonyl (C=O) groups is 1. The van der Waals surface area contributed by atoms with Crippen LogP contribution < -0.4 is 11.1 Å². The summed E-state index contributed by atoms with van der Waals surface area (Å²) in [6.45, 7) is 0. The van der Waals surface area contributed by atoms with Crippen molar-refractivity contribution in [1.82, 2.24) is 5.32 Å². The molecule has 5 N–H and O–H groups in total. The molecule has 0 aliphatic heterocycles. The van der Waals surface area contributed by atoms with Crippen LogP contribution in [0.1, 0.15) is 17.2 Å². The summed E-state index contributed by atoms with van der Waals surface area (Å²) in [6.07, 6.45) is -4.26. The fourth-order valence-electron chi connectivity index (χ4n) is 2.71. The van der Waals surface area contributed by atoms with E-state index in [1.807, 2.05) is 0 Å². The van der Waals surface area contributed by atoms with E-state index in [2.05, 4.69) is 5.32 Å². The van der Waals surface area contributed by atoms with Crippen LogP contribution in [0, 0.1) is 0 Å². The van der Waals surface area contributed by atoms with Gasteiger partial charge in [0.15, 0.2) is 0 Å². The van der Waals surface area contributed by atoms with Gasteiger partial charge in [-0.2, -0.15) is 8.78 Å². The average molecular weight is 400 g/mol. The molecule has 0 saturated heterocycles. The molecule has 2 atom stereocenters. The van der Waals surface area contributed by atoms with E-state index in [1.54, 1.807) is 30.3 Å². The highest BCUT2D eigenvalue weighted by Crippen LogP contribution is 2.42. The summed E-state index contributed by atoms with van der Waals surface area (Å²) in [4.78, 5) is 11.8. The Bertz CT molecular complexity index is 773. The molecule has 2 aromatic carbocycles. The lowest BCUT2D eigenvalue weighted by atomic mass is 9.92. The molecule has 0 aliphatic rings. The number of benzene rings is 2. The van der Waals surface area contributed by atoms with Crippen molar-refractivity contribution in [1.29, 1.82) is 0 Å². The van der Waals surface area contributed by atoms with E-state index >= 15 is 0 Å². The van der Waals surface area contributed by atoms with E-state index < -0.39 is 36.1 Å². The molecule has 5 nitrogen and oxygen atoms in total. The maximum atomic E-state index is 14.8. The van der Waals surface area contributed by atoms with Gasteiger partial charge in [-0.1, -0.05) is 60.7 Å². The molecule has 0 fully saturated rings. The summed E-state index contributed by atoms with van der Waals surface area (Å²) < 4.78 is 55.4. The minimum Gasteiger partial charge on any atom is -0.368 e. The molecular weight excluding hydrogens is 380 g/mol. The number of aliphatic hydroxyl groups is 2. The highest BCUT2D eigenvalue weighted by molar-refractivity contribution is 5.80. The van der Waals surface area contributed by atoms with E-state index in [4.69, 9.17) is 5.73 Å². The molecule has 0 heterocycles. The van der Waals surface area contributed by atoms with Crippen LogP contribution in [0.25, 0.3) is 0 Å². The molecule has 1 amide bonds. The number of rotatable bonds is 9. The van der Waals surface area contributed by atoms with Crippen LogP contribution in [-0.2, 0) is 11.2 Å². The van der Waals surface area contributed by atoms with Crippen molar-refractivity contribution in [3.63, 3.8) is 0 Å². The Hall–Kier alpha value is -2.49. The Balaban J connectivity index is 2.42. The van der Waals surface area contributed by atoms with Crippen molar-refractivity contribution in [2.24, 2.45) is 5.73 Å². The quantitative estimate of drug-likeness (QED) is 0.383. The molecule has 9 heteroatoms. The number of carbonyl (C=O) groups excluding carboxylic acids is 1. The van der Waals surface area contributed by atoms with Crippen molar-refractivity contribution < 1.29 is 32.6 Å². The van der Waals surface area contributed by atoms with Crippen LogP contribution in [0.2, 0.25) is 0 Å². The van der Waals surface area contributed by atoms with E-state index in [0.717, 1.165) is 0 Å². The number of amides is 1. The van der Waals surface area contributed by atoms with Gasteiger partial charge in [0.2, 0.25) is 5.91 Å². The second kappa shape index (κ2) is 8.68. The number of hydrogen-bond donors (Lipinski definition) is 4. The third kappa shape index (κ3) is 4.67. The topological polar surface area (TPSA) is 95.6 Å². The predicted octanol–water partition coefficient (Wildman–Crippen LogP) is 2.00. The molecule has 1 unspecified atom stereocenters. The van der Waals surface area contributed by atoms with Gasteiger partial charge in [0, 0.05) is 0 Å². The van der Waals surface area contributed by atoms with Crippen LogP contribution in [0.3, 0.4) is 0 Å². The molecule has 0 spiro atoms. The minimum absolute atomic E-state index is 0.103. The van der Waals surface area contributed by atoms with Crippen LogP contribution in [0.15, 0.2) is 60.7 Å². The van der Waals surface area contributed by atoms with Crippen molar-refractivity contribution in [2.75, 3.05) is 0 Å². The highest BCUT2D eigenvalue weighted by Gasteiger charge is 2.63.